The van der Waals surface area contributed by atoms with Crippen LogP contribution in [0.1, 0.15) is 29.7 Å². The Labute approximate surface area is 208 Å². The fraction of sp³-hybridized carbons (Fsp3) is 0.231. The molecule has 0 atom stereocenters. The maximum Gasteiger partial charge on any atom is 0.328 e. The molecule has 1 aromatic heterocycles. The van der Waals surface area contributed by atoms with Gasteiger partial charge in [-0.1, -0.05) is 24.3 Å². The largest absolute Gasteiger partial charge is 0.497 e. The fourth-order valence-electron chi connectivity index (χ4n) is 3.24. The van der Waals surface area contributed by atoms with Gasteiger partial charge in [0.15, 0.2) is 0 Å². The minimum absolute atomic E-state index is 0.198. The number of carbonyl (C=O) groups is 1. The highest BCUT2D eigenvalue weighted by molar-refractivity contribution is 7.99. The van der Waals surface area contributed by atoms with Crippen LogP contribution >= 0.6 is 11.8 Å². The van der Waals surface area contributed by atoms with Gasteiger partial charge in [0.25, 0.3) is 0 Å². The third-order valence-corrected chi connectivity index (χ3v) is 5.99. The Kier molecular flexibility index (Phi) is 9.13. The number of nitrogens with two attached hydrogens (primary N) is 1. The smallest absolute Gasteiger partial charge is 0.328 e. The number of aromatic nitrogens is 1. The molecule has 35 heavy (non-hydrogen) atoms. The molecule has 0 aliphatic carbocycles. The summed E-state index contributed by atoms with van der Waals surface area (Å²) in [6.45, 7) is 0.422. The third kappa shape index (κ3) is 8.03. The van der Waals surface area contributed by atoms with Crippen molar-refractivity contribution in [2.75, 3.05) is 19.5 Å². The van der Waals surface area contributed by atoms with E-state index >= 15 is 0 Å². The molecule has 0 amide bonds. The highest BCUT2D eigenvalue weighted by atomic mass is 32.2. The summed E-state index contributed by atoms with van der Waals surface area (Å²) in [5.41, 5.74) is 7.81. The third-order valence-electron chi connectivity index (χ3n) is 5.03. The lowest BCUT2D eigenvalue weighted by Gasteiger charge is -2.21. The first-order chi connectivity index (χ1) is 16.8. The van der Waals surface area contributed by atoms with E-state index in [9.17, 15) is 15.0 Å². The number of carboxylic acids is 1. The van der Waals surface area contributed by atoms with Crippen molar-refractivity contribution in [3.05, 3.63) is 83.6 Å². The lowest BCUT2D eigenvalue weighted by Crippen LogP contribution is -2.20. The number of methoxy groups -OCH3 is 1. The number of rotatable bonds is 12. The van der Waals surface area contributed by atoms with Crippen LogP contribution in [0.3, 0.4) is 0 Å². The predicted octanol–water partition coefficient (Wildman–Crippen LogP) is 4.06. The van der Waals surface area contributed by atoms with Gasteiger partial charge >= 0.3 is 5.97 Å². The highest BCUT2D eigenvalue weighted by Gasteiger charge is 2.28. The van der Waals surface area contributed by atoms with E-state index in [1.807, 2.05) is 24.3 Å². The first-order valence-corrected chi connectivity index (χ1v) is 11.8. The summed E-state index contributed by atoms with van der Waals surface area (Å²) in [5, 5.41) is 28.1. The number of nitrogens with zero attached hydrogens (tertiary/aromatic N) is 1. The molecule has 5 N–H and O–H groups in total. The molecule has 1 heterocycles. The van der Waals surface area contributed by atoms with E-state index in [1.165, 1.54) is 23.8 Å². The van der Waals surface area contributed by atoms with Gasteiger partial charge in [-0.2, -0.15) is 0 Å². The number of benzene rings is 2. The quantitative estimate of drug-likeness (QED) is 0.0962. The Bertz CT molecular complexity index is 1160. The molecule has 9 heteroatoms. The van der Waals surface area contributed by atoms with Gasteiger partial charge in [0.2, 0.25) is 5.12 Å². The molecular formula is C26H28N2O6S. The Morgan fingerprint density at radius 2 is 1.89 bits per heavy atom. The van der Waals surface area contributed by atoms with Crippen molar-refractivity contribution in [1.82, 2.24) is 4.98 Å². The number of hydrogen-bond donors (Lipinski definition) is 4. The van der Waals surface area contributed by atoms with Gasteiger partial charge in [0.1, 0.15) is 22.2 Å². The number of aliphatic hydroxyl groups is 2. The number of aliphatic carboxylic acids is 1. The first-order valence-electron chi connectivity index (χ1n) is 10.9. The fourth-order valence-corrected chi connectivity index (χ4v) is 4.06. The summed E-state index contributed by atoms with van der Waals surface area (Å²) in [5.74, 6) is 0.0936. The Balaban J connectivity index is 1.64. The predicted molar refractivity (Wildman–Crippen MR) is 135 cm³/mol. The van der Waals surface area contributed by atoms with E-state index in [0.717, 1.165) is 31.1 Å². The van der Waals surface area contributed by atoms with E-state index in [-0.39, 0.29) is 16.3 Å². The lowest BCUT2D eigenvalue weighted by molar-refractivity contribution is -0.131. The molecule has 3 rings (SSSR count). The first kappa shape index (κ1) is 26.1. The van der Waals surface area contributed by atoms with Crippen molar-refractivity contribution in [1.29, 1.82) is 0 Å². The summed E-state index contributed by atoms with van der Waals surface area (Å²) in [4.78, 5) is 15.4. The van der Waals surface area contributed by atoms with Crippen LogP contribution in [-0.4, -0.2) is 40.0 Å². The minimum Gasteiger partial charge on any atom is -0.497 e. The van der Waals surface area contributed by atoms with Crippen molar-refractivity contribution in [3.63, 3.8) is 0 Å². The van der Waals surface area contributed by atoms with Crippen molar-refractivity contribution in [3.8, 4) is 11.5 Å². The number of pyridine rings is 1. The normalized spacial score (nSPS) is 11.5. The Morgan fingerprint density at radius 3 is 2.57 bits per heavy atom. The maximum atomic E-state index is 11.0. The van der Waals surface area contributed by atoms with Crippen LogP contribution in [-0.2, 0) is 16.3 Å². The summed E-state index contributed by atoms with van der Waals surface area (Å²) >= 11 is 0.696. The van der Waals surface area contributed by atoms with Crippen LogP contribution in [0.25, 0.3) is 6.08 Å². The van der Waals surface area contributed by atoms with E-state index < -0.39 is 11.1 Å². The van der Waals surface area contributed by atoms with Crippen molar-refractivity contribution in [2.24, 2.45) is 0 Å². The van der Waals surface area contributed by atoms with Gasteiger partial charge in [0.05, 0.1) is 13.7 Å². The average Bonchev–Trinajstić information content (AvgIpc) is 2.83. The molecular weight excluding hydrogens is 468 g/mol. The molecule has 0 unspecified atom stereocenters. The monoisotopic (exact) mass is 496 g/mol. The van der Waals surface area contributed by atoms with Crippen molar-refractivity contribution in [2.45, 2.75) is 29.4 Å². The van der Waals surface area contributed by atoms with Gasteiger partial charge in [0, 0.05) is 17.3 Å². The number of carboxylic acid groups (broad SMARTS) is 1. The summed E-state index contributed by atoms with van der Waals surface area (Å²) in [6.07, 6.45) is 4.86. The number of ether oxygens (including phenoxy) is 2. The second kappa shape index (κ2) is 12.3. The van der Waals surface area contributed by atoms with E-state index in [0.29, 0.717) is 29.8 Å². The molecule has 0 saturated heterocycles. The second-order valence-corrected chi connectivity index (χ2v) is 8.89. The second-order valence-electron chi connectivity index (χ2n) is 7.69. The summed E-state index contributed by atoms with van der Waals surface area (Å²) in [7, 11) is 1.63. The molecule has 2 aromatic carbocycles. The molecule has 0 fully saturated rings. The number of unbranched alkanes of at least 4 members (excludes halogenated alkanes) is 1. The zero-order chi connectivity index (χ0) is 25.3. The Hall–Kier alpha value is -3.53. The number of anilines is 1. The molecule has 0 bridgehead atoms. The van der Waals surface area contributed by atoms with Gasteiger partial charge in [-0.05, 0) is 79.1 Å². The van der Waals surface area contributed by atoms with Gasteiger partial charge in [-0.25, -0.2) is 9.78 Å². The summed E-state index contributed by atoms with van der Waals surface area (Å²) in [6, 6.07) is 17.4. The van der Waals surface area contributed by atoms with Crippen LogP contribution in [0.2, 0.25) is 0 Å². The average molecular weight is 497 g/mol. The van der Waals surface area contributed by atoms with Crippen LogP contribution < -0.4 is 15.2 Å². The highest BCUT2D eigenvalue weighted by Crippen LogP contribution is 2.37. The molecule has 0 spiro atoms. The van der Waals surface area contributed by atoms with Crippen molar-refractivity contribution < 1.29 is 29.6 Å². The zero-order valence-electron chi connectivity index (χ0n) is 19.3. The number of nitrogen functional groups attached to an aromatic ring is 1. The minimum atomic E-state index is -2.28. The topological polar surface area (TPSA) is 135 Å². The van der Waals surface area contributed by atoms with Crippen LogP contribution in [0.5, 0.6) is 11.5 Å². The van der Waals surface area contributed by atoms with E-state index in [4.69, 9.17) is 20.3 Å². The molecule has 0 aliphatic rings. The van der Waals surface area contributed by atoms with Crippen LogP contribution in [0.15, 0.2) is 71.8 Å². The molecule has 0 aliphatic heterocycles. The van der Waals surface area contributed by atoms with Crippen LogP contribution in [0.4, 0.5) is 5.69 Å². The summed E-state index contributed by atoms with van der Waals surface area (Å²) < 4.78 is 11.0. The van der Waals surface area contributed by atoms with E-state index in [2.05, 4.69) is 4.98 Å². The standard InChI is InChI=1S/C26H28N2O6S/c1-33-21-10-8-18(9-11-21)5-2-3-16-34-23-13-14-24(28-22(23)12-15-25(29)30)35-26(31,32)19-6-4-7-20(27)17-19/h4,6-15,17,31-32H,2-3,5,16,27H2,1H3,(H,29,30). The van der Waals surface area contributed by atoms with Gasteiger partial charge in [-0.15, -0.1) is 0 Å². The molecule has 3 aromatic rings. The van der Waals surface area contributed by atoms with Gasteiger partial charge in [-0.3, -0.25) is 0 Å². The SMILES string of the molecule is COc1ccc(CCCCOc2ccc(SC(O)(O)c3cccc(N)c3)nc2C=CC(=O)O)cc1. The molecule has 8 nitrogen and oxygen atoms in total. The van der Waals surface area contributed by atoms with E-state index in [1.54, 1.807) is 31.4 Å². The van der Waals surface area contributed by atoms with Crippen LogP contribution in [0, 0.1) is 0 Å². The zero-order valence-corrected chi connectivity index (χ0v) is 20.1. The Morgan fingerprint density at radius 1 is 1.11 bits per heavy atom. The van der Waals surface area contributed by atoms with Crippen molar-refractivity contribution >= 4 is 29.5 Å². The molecule has 184 valence electrons. The van der Waals surface area contributed by atoms with Gasteiger partial charge < -0.3 is 30.5 Å². The number of aryl methyl sites for hydroxylation is 1. The maximum absolute atomic E-state index is 11.0. The number of hydrogen-bond acceptors (Lipinski definition) is 8. The molecule has 0 radical (unpaired) electrons. The number of thioether (sulfide) groups is 1. The lowest BCUT2D eigenvalue weighted by atomic mass is 10.1. The molecule has 0 saturated carbocycles.